The fourth-order valence-electron chi connectivity index (χ4n) is 2.37. The molecule has 1 atom stereocenters. The number of aromatic nitrogens is 2. The molecule has 1 aliphatic heterocycles. The molecule has 1 aromatic rings. The number of rotatable bonds is 4. The number of nitrogens with one attached hydrogen (secondary N) is 2. The van der Waals surface area contributed by atoms with E-state index in [-0.39, 0.29) is 11.9 Å². The summed E-state index contributed by atoms with van der Waals surface area (Å²) in [7, 11) is 1.87. The molecule has 0 aromatic carbocycles. The van der Waals surface area contributed by atoms with Crippen LogP contribution in [0.1, 0.15) is 19.5 Å². The lowest BCUT2D eigenvalue weighted by molar-refractivity contribution is -0.120. The molecular weight excluding hydrogens is 242 g/mol. The summed E-state index contributed by atoms with van der Waals surface area (Å²) in [4.78, 5) is 14.5. The van der Waals surface area contributed by atoms with Crippen LogP contribution < -0.4 is 10.6 Å². The van der Waals surface area contributed by atoms with Crippen LogP contribution in [0, 0.1) is 0 Å². The van der Waals surface area contributed by atoms with E-state index in [1.54, 1.807) is 4.68 Å². The molecule has 1 aliphatic rings. The van der Waals surface area contributed by atoms with Crippen molar-refractivity contribution in [3.63, 3.8) is 0 Å². The average Bonchev–Trinajstić information content (AvgIpc) is 2.78. The van der Waals surface area contributed by atoms with Crippen LogP contribution in [0.5, 0.6) is 0 Å². The Kier molecular flexibility index (Phi) is 4.55. The first-order valence-electron chi connectivity index (χ1n) is 6.90. The quantitative estimate of drug-likeness (QED) is 0.817. The smallest absolute Gasteiger partial charge is 0.241 e. The van der Waals surface area contributed by atoms with Gasteiger partial charge in [-0.05, 0) is 13.3 Å². The highest BCUT2D eigenvalue weighted by Crippen LogP contribution is 2.15. The summed E-state index contributed by atoms with van der Waals surface area (Å²) in [5, 5.41) is 10.6. The van der Waals surface area contributed by atoms with Crippen LogP contribution in [0.3, 0.4) is 0 Å². The first kappa shape index (κ1) is 14.0. The van der Waals surface area contributed by atoms with E-state index >= 15 is 0 Å². The third kappa shape index (κ3) is 3.33. The molecule has 1 amide bonds. The van der Waals surface area contributed by atoms with Gasteiger partial charge in [-0.2, -0.15) is 5.10 Å². The van der Waals surface area contributed by atoms with Crippen LogP contribution >= 0.6 is 0 Å². The van der Waals surface area contributed by atoms with Gasteiger partial charge in [-0.3, -0.25) is 14.4 Å². The van der Waals surface area contributed by atoms with Crippen molar-refractivity contribution >= 4 is 11.6 Å². The standard InChI is InChI=1S/C13H23N5O/c1-4-11-12(9-17(3)16-11)15-13(19)10(2)18-7-5-14-6-8-18/h9-10,14H,4-8H2,1-3H3,(H,15,19). The monoisotopic (exact) mass is 265 g/mol. The Labute approximate surface area is 114 Å². The molecule has 1 aromatic heterocycles. The maximum Gasteiger partial charge on any atom is 0.241 e. The summed E-state index contributed by atoms with van der Waals surface area (Å²) in [6, 6.07) is -0.105. The molecule has 6 heteroatoms. The first-order valence-corrected chi connectivity index (χ1v) is 6.90. The summed E-state index contributed by atoms with van der Waals surface area (Å²) >= 11 is 0. The lowest BCUT2D eigenvalue weighted by Gasteiger charge is -2.31. The summed E-state index contributed by atoms with van der Waals surface area (Å²) < 4.78 is 1.74. The van der Waals surface area contributed by atoms with Crippen molar-refractivity contribution in [1.29, 1.82) is 0 Å². The zero-order valence-corrected chi connectivity index (χ0v) is 11.9. The minimum Gasteiger partial charge on any atom is -0.322 e. The molecule has 2 heterocycles. The van der Waals surface area contributed by atoms with Crippen molar-refractivity contribution in [3.8, 4) is 0 Å². The lowest BCUT2D eigenvalue weighted by Crippen LogP contribution is -2.51. The number of carbonyl (C=O) groups is 1. The van der Waals surface area contributed by atoms with E-state index in [9.17, 15) is 4.79 Å². The van der Waals surface area contributed by atoms with Gasteiger partial charge in [0.25, 0.3) is 0 Å². The lowest BCUT2D eigenvalue weighted by atomic mass is 10.2. The Balaban J connectivity index is 1.99. The van der Waals surface area contributed by atoms with Crippen molar-refractivity contribution in [2.24, 2.45) is 7.05 Å². The SMILES string of the molecule is CCc1nn(C)cc1NC(=O)C(C)N1CCNCC1. The molecule has 6 nitrogen and oxygen atoms in total. The second kappa shape index (κ2) is 6.16. The van der Waals surface area contributed by atoms with E-state index in [4.69, 9.17) is 0 Å². The summed E-state index contributed by atoms with van der Waals surface area (Å²) in [5.41, 5.74) is 1.76. The van der Waals surface area contributed by atoms with E-state index in [0.29, 0.717) is 0 Å². The summed E-state index contributed by atoms with van der Waals surface area (Å²) in [6.07, 6.45) is 2.68. The van der Waals surface area contributed by atoms with Crippen molar-refractivity contribution in [2.75, 3.05) is 31.5 Å². The minimum atomic E-state index is -0.105. The number of aryl methyl sites for hydroxylation is 2. The third-order valence-electron chi connectivity index (χ3n) is 3.58. The van der Waals surface area contributed by atoms with Crippen LogP contribution in [0.2, 0.25) is 0 Å². The van der Waals surface area contributed by atoms with Crippen LogP contribution in [-0.2, 0) is 18.3 Å². The van der Waals surface area contributed by atoms with Gasteiger partial charge in [0, 0.05) is 39.4 Å². The Bertz CT molecular complexity index is 436. The van der Waals surface area contributed by atoms with E-state index in [0.717, 1.165) is 44.0 Å². The molecular formula is C13H23N5O. The maximum absolute atomic E-state index is 12.3. The molecule has 1 fully saturated rings. The molecule has 1 saturated heterocycles. The molecule has 0 spiro atoms. The molecule has 19 heavy (non-hydrogen) atoms. The van der Waals surface area contributed by atoms with Crippen molar-refractivity contribution in [2.45, 2.75) is 26.3 Å². The first-order chi connectivity index (χ1) is 9.11. The number of hydrogen-bond acceptors (Lipinski definition) is 4. The number of carbonyl (C=O) groups excluding carboxylic acids is 1. The van der Waals surface area contributed by atoms with Crippen molar-refractivity contribution in [1.82, 2.24) is 20.0 Å². The van der Waals surface area contributed by atoms with Gasteiger partial charge in [0.05, 0.1) is 17.4 Å². The second-order valence-electron chi connectivity index (χ2n) is 4.97. The largest absolute Gasteiger partial charge is 0.322 e. The molecule has 0 saturated carbocycles. The predicted molar refractivity (Wildman–Crippen MR) is 75.1 cm³/mol. The van der Waals surface area contributed by atoms with Gasteiger partial charge in [-0.25, -0.2) is 0 Å². The normalized spacial score (nSPS) is 18.3. The van der Waals surface area contributed by atoms with Crippen molar-refractivity contribution < 1.29 is 4.79 Å². The van der Waals surface area contributed by atoms with Gasteiger partial charge in [0.15, 0.2) is 0 Å². The third-order valence-corrected chi connectivity index (χ3v) is 3.58. The fourth-order valence-corrected chi connectivity index (χ4v) is 2.37. The Hall–Kier alpha value is -1.40. The summed E-state index contributed by atoms with van der Waals surface area (Å²) in [5.74, 6) is 0.0459. The van der Waals surface area contributed by atoms with Crippen LogP contribution in [-0.4, -0.2) is 52.8 Å². The highest BCUT2D eigenvalue weighted by Gasteiger charge is 2.23. The predicted octanol–water partition coefficient (Wildman–Crippen LogP) is 0.215. The van der Waals surface area contributed by atoms with E-state index in [1.807, 2.05) is 27.1 Å². The Morgan fingerprint density at radius 3 is 2.84 bits per heavy atom. The van der Waals surface area contributed by atoms with Crippen LogP contribution in [0.25, 0.3) is 0 Å². The molecule has 2 N–H and O–H groups in total. The van der Waals surface area contributed by atoms with Gasteiger partial charge in [0.2, 0.25) is 5.91 Å². The highest BCUT2D eigenvalue weighted by molar-refractivity contribution is 5.94. The van der Waals surface area contributed by atoms with Gasteiger partial charge in [-0.1, -0.05) is 6.92 Å². The average molecular weight is 265 g/mol. The number of nitrogens with zero attached hydrogens (tertiary/aromatic N) is 3. The number of piperazine rings is 1. The molecule has 106 valence electrons. The van der Waals surface area contributed by atoms with E-state index in [1.165, 1.54) is 0 Å². The van der Waals surface area contributed by atoms with E-state index < -0.39 is 0 Å². The summed E-state index contributed by atoms with van der Waals surface area (Å²) in [6.45, 7) is 7.74. The van der Waals surface area contributed by atoms with Gasteiger partial charge in [0.1, 0.15) is 0 Å². The molecule has 1 unspecified atom stereocenters. The molecule has 0 aliphatic carbocycles. The zero-order chi connectivity index (χ0) is 13.8. The molecule has 0 bridgehead atoms. The van der Waals surface area contributed by atoms with Crippen LogP contribution in [0.15, 0.2) is 6.20 Å². The zero-order valence-electron chi connectivity index (χ0n) is 11.9. The Morgan fingerprint density at radius 2 is 2.21 bits per heavy atom. The number of amides is 1. The number of hydrogen-bond donors (Lipinski definition) is 2. The Morgan fingerprint density at radius 1 is 1.53 bits per heavy atom. The maximum atomic E-state index is 12.3. The molecule has 0 radical (unpaired) electrons. The van der Waals surface area contributed by atoms with Gasteiger partial charge in [-0.15, -0.1) is 0 Å². The highest BCUT2D eigenvalue weighted by atomic mass is 16.2. The van der Waals surface area contributed by atoms with E-state index in [2.05, 4.69) is 20.6 Å². The topological polar surface area (TPSA) is 62.2 Å². The van der Waals surface area contributed by atoms with Gasteiger partial charge >= 0.3 is 0 Å². The fraction of sp³-hybridized carbons (Fsp3) is 0.692. The molecule has 2 rings (SSSR count). The van der Waals surface area contributed by atoms with Gasteiger partial charge < -0.3 is 10.6 Å². The minimum absolute atomic E-state index is 0.0459. The second-order valence-corrected chi connectivity index (χ2v) is 4.97. The number of anilines is 1. The van der Waals surface area contributed by atoms with Crippen LogP contribution in [0.4, 0.5) is 5.69 Å². The van der Waals surface area contributed by atoms with Crippen molar-refractivity contribution in [3.05, 3.63) is 11.9 Å².